The smallest absolute Gasteiger partial charge is 0.462 e. The van der Waals surface area contributed by atoms with Crippen LogP contribution in [0.4, 0.5) is 0 Å². The highest BCUT2D eigenvalue weighted by molar-refractivity contribution is 7.47. The van der Waals surface area contributed by atoms with Crippen molar-refractivity contribution >= 4 is 39.5 Å². The number of phosphoric acid groups is 2. The molecule has 0 aromatic rings. The van der Waals surface area contributed by atoms with Gasteiger partial charge in [-0.3, -0.25) is 37.3 Å². The number of allylic oxidation sites excluding steroid dienone is 18. The van der Waals surface area contributed by atoms with Crippen LogP contribution in [-0.4, -0.2) is 96.7 Å². The molecule has 5 unspecified atom stereocenters. The highest BCUT2D eigenvalue weighted by Gasteiger charge is 2.30. The first-order chi connectivity index (χ1) is 50.7. The van der Waals surface area contributed by atoms with Gasteiger partial charge in [-0.05, 0) is 96.3 Å². The van der Waals surface area contributed by atoms with Crippen molar-refractivity contribution in [2.24, 2.45) is 0 Å². The molecular formula is C85H148O17P2. The van der Waals surface area contributed by atoms with Gasteiger partial charge in [0.15, 0.2) is 12.2 Å². The molecule has 0 saturated carbocycles. The maximum atomic E-state index is 13.1. The predicted octanol–water partition coefficient (Wildman–Crippen LogP) is 24.1. The summed E-state index contributed by atoms with van der Waals surface area (Å²) in [4.78, 5) is 73.1. The van der Waals surface area contributed by atoms with E-state index in [9.17, 15) is 43.2 Å². The Hall–Kier alpha value is -4.28. The number of ether oxygens (including phenoxy) is 4. The number of hydrogen-bond donors (Lipinski definition) is 3. The van der Waals surface area contributed by atoms with Crippen LogP contribution in [0, 0.1) is 0 Å². The van der Waals surface area contributed by atoms with Crippen LogP contribution >= 0.6 is 15.6 Å². The van der Waals surface area contributed by atoms with Crippen LogP contribution in [0.3, 0.4) is 0 Å². The highest BCUT2D eigenvalue weighted by atomic mass is 31.2. The second-order valence-electron chi connectivity index (χ2n) is 27.3. The summed E-state index contributed by atoms with van der Waals surface area (Å²) in [5, 5.41) is 10.6. The molecule has 0 radical (unpaired) electrons. The molecule has 600 valence electrons. The summed E-state index contributed by atoms with van der Waals surface area (Å²) in [6.07, 6.45) is 83.6. The van der Waals surface area contributed by atoms with Crippen molar-refractivity contribution < 1.29 is 80.2 Å². The largest absolute Gasteiger partial charge is 0.472 e. The second kappa shape index (κ2) is 76.9. The summed E-state index contributed by atoms with van der Waals surface area (Å²) < 4.78 is 68.6. The van der Waals surface area contributed by atoms with Gasteiger partial charge in [0.2, 0.25) is 0 Å². The molecule has 0 aliphatic heterocycles. The number of phosphoric ester groups is 2. The van der Waals surface area contributed by atoms with Crippen LogP contribution in [0.1, 0.15) is 349 Å². The van der Waals surface area contributed by atoms with E-state index in [1.807, 2.05) is 12.2 Å². The lowest BCUT2D eigenvalue weighted by atomic mass is 10.0. The van der Waals surface area contributed by atoms with Gasteiger partial charge in [0.05, 0.1) is 26.4 Å². The number of aliphatic hydroxyl groups is 1. The van der Waals surface area contributed by atoms with E-state index in [0.29, 0.717) is 32.1 Å². The van der Waals surface area contributed by atoms with Crippen molar-refractivity contribution in [3.05, 3.63) is 109 Å². The maximum Gasteiger partial charge on any atom is 0.472 e. The number of unbranched alkanes of at least 4 members (excludes halogenated alkanes) is 33. The van der Waals surface area contributed by atoms with Gasteiger partial charge in [-0.2, -0.15) is 0 Å². The van der Waals surface area contributed by atoms with E-state index in [2.05, 4.69) is 125 Å². The number of hydrogen-bond acceptors (Lipinski definition) is 15. The van der Waals surface area contributed by atoms with Crippen LogP contribution in [0.25, 0.3) is 0 Å². The lowest BCUT2D eigenvalue weighted by Gasteiger charge is -2.21. The predicted molar refractivity (Wildman–Crippen MR) is 427 cm³/mol. The minimum atomic E-state index is -4.99. The second-order valence-corrected chi connectivity index (χ2v) is 30.2. The van der Waals surface area contributed by atoms with Gasteiger partial charge in [0, 0.05) is 25.7 Å². The van der Waals surface area contributed by atoms with E-state index >= 15 is 0 Å². The molecule has 104 heavy (non-hydrogen) atoms. The summed E-state index contributed by atoms with van der Waals surface area (Å²) in [5.74, 6) is -2.27. The van der Waals surface area contributed by atoms with Gasteiger partial charge in [0.25, 0.3) is 0 Å². The van der Waals surface area contributed by atoms with Crippen molar-refractivity contribution in [1.29, 1.82) is 0 Å². The number of carbonyl (C=O) groups is 4. The Labute approximate surface area is 632 Å². The number of rotatable bonds is 77. The first kappa shape index (κ1) is 99.7. The summed E-state index contributed by atoms with van der Waals surface area (Å²) in [5.41, 5.74) is 0. The Morgan fingerprint density at radius 3 is 0.827 bits per heavy atom. The minimum absolute atomic E-state index is 0.0375. The molecular weight excluding hydrogens is 1350 g/mol. The quantitative estimate of drug-likeness (QED) is 0.0169. The molecule has 19 heteroatoms. The maximum absolute atomic E-state index is 13.1. The van der Waals surface area contributed by atoms with E-state index in [1.54, 1.807) is 0 Å². The van der Waals surface area contributed by atoms with Crippen molar-refractivity contribution in [1.82, 2.24) is 0 Å². The standard InChI is InChI=1S/C85H148O17P2/c1-5-9-13-17-21-25-29-33-37-38-39-40-44-46-50-54-58-62-66-70-83(88)96-76-81(102-85(90)72-68-64-60-56-52-48-43-36-32-28-24-20-16-12-8-4)78-100-104(93,94)98-74-79(86)73-97-103(91,92)99-77-80(101-84(89)71-67-63-59-55-51-47-42-35-31-27-23-19-15-11-7-3)75-95-82(87)69-65-61-57-53-49-45-41-34-30-26-22-18-14-10-6-2/h9-10,13-14,21-22,25-26,33-34,37,39-41,46,50,58,62,79-81,86H,5-8,11-12,15-20,23-24,27-32,35-36,38,42-45,47-49,51-57,59-61,63-78H2,1-4H3,(H,91,92)(H,93,94)/b13-9-,14-10-,25-21-,26-22-,37-33-,40-39-,41-34-,50-46-,62-58-. The summed E-state index contributed by atoms with van der Waals surface area (Å²) >= 11 is 0. The Bertz CT molecular complexity index is 2390. The van der Waals surface area contributed by atoms with Crippen LogP contribution in [-0.2, 0) is 65.4 Å². The molecule has 0 saturated heterocycles. The molecule has 0 bridgehead atoms. The first-order valence-electron chi connectivity index (χ1n) is 41.1. The fourth-order valence-electron chi connectivity index (χ4n) is 11.1. The average molecular weight is 1500 g/mol. The normalized spacial score (nSPS) is 14.4. The van der Waals surface area contributed by atoms with E-state index in [-0.39, 0.29) is 25.7 Å². The molecule has 5 atom stereocenters. The van der Waals surface area contributed by atoms with Gasteiger partial charge in [-0.1, -0.05) is 336 Å². The molecule has 0 fully saturated rings. The minimum Gasteiger partial charge on any atom is -0.462 e. The Morgan fingerprint density at radius 1 is 0.279 bits per heavy atom. The van der Waals surface area contributed by atoms with Crippen LogP contribution < -0.4 is 0 Å². The van der Waals surface area contributed by atoms with Gasteiger partial charge >= 0.3 is 39.5 Å². The molecule has 0 aromatic carbocycles. The zero-order chi connectivity index (χ0) is 76.0. The zero-order valence-corrected chi connectivity index (χ0v) is 67.5. The molecule has 0 heterocycles. The lowest BCUT2D eigenvalue weighted by Crippen LogP contribution is -2.30. The summed E-state index contributed by atoms with van der Waals surface area (Å²) in [6, 6.07) is 0. The van der Waals surface area contributed by atoms with E-state index in [0.717, 1.165) is 135 Å². The van der Waals surface area contributed by atoms with Crippen LogP contribution in [0.5, 0.6) is 0 Å². The molecule has 0 aromatic heterocycles. The summed E-state index contributed by atoms with van der Waals surface area (Å²) in [7, 11) is -9.98. The van der Waals surface area contributed by atoms with E-state index in [1.165, 1.54) is 128 Å². The number of carbonyl (C=O) groups excluding carboxylic acids is 4. The van der Waals surface area contributed by atoms with Crippen LogP contribution in [0.2, 0.25) is 0 Å². The first-order valence-corrected chi connectivity index (χ1v) is 44.1. The fourth-order valence-corrected chi connectivity index (χ4v) is 12.7. The van der Waals surface area contributed by atoms with Gasteiger partial charge < -0.3 is 33.8 Å². The van der Waals surface area contributed by atoms with Crippen LogP contribution in [0.15, 0.2) is 109 Å². The molecule has 17 nitrogen and oxygen atoms in total. The Morgan fingerprint density at radius 2 is 0.519 bits per heavy atom. The SMILES string of the molecule is CC/C=C\C/C=C\C/C=C\C/C=C\C/C=C\C/C=C\CCC(=O)OCC(COP(=O)(O)OCC(O)COP(=O)(O)OCC(COC(=O)CCCCCCC/C=C\C/C=C\C/C=C\CC)OC(=O)CCCCCCCCCCCCCCCCC)OC(=O)CCCCCCCCCCCCCCCCC. The third-order valence-electron chi connectivity index (χ3n) is 17.3. The highest BCUT2D eigenvalue weighted by Crippen LogP contribution is 2.45. The van der Waals surface area contributed by atoms with Crippen molar-refractivity contribution in [2.75, 3.05) is 39.6 Å². The molecule has 0 aliphatic rings. The topological polar surface area (TPSA) is 237 Å². The van der Waals surface area contributed by atoms with E-state index < -0.39 is 97.5 Å². The molecule has 3 N–H and O–H groups in total. The lowest BCUT2D eigenvalue weighted by molar-refractivity contribution is -0.161. The Kier molecular flexibility index (Phi) is 73.7. The third-order valence-corrected chi connectivity index (χ3v) is 19.2. The molecule has 0 aliphatic carbocycles. The molecule has 0 amide bonds. The Balaban J connectivity index is 5.41. The van der Waals surface area contributed by atoms with E-state index in [4.69, 9.17) is 37.0 Å². The van der Waals surface area contributed by atoms with Crippen molar-refractivity contribution in [2.45, 2.75) is 367 Å². The molecule has 0 spiro atoms. The number of aliphatic hydroxyl groups excluding tert-OH is 1. The number of esters is 4. The van der Waals surface area contributed by atoms with Crippen molar-refractivity contribution in [3.63, 3.8) is 0 Å². The average Bonchev–Trinajstić information content (AvgIpc) is 0.918. The molecule has 0 rings (SSSR count). The zero-order valence-electron chi connectivity index (χ0n) is 65.7. The third kappa shape index (κ3) is 75.9. The fraction of sp³-hybridized carbons (Fsp3) is 0.741. The monoisotopic (exact) mass is 1500 g/mol. The van der Waals surface area contributed by atoms with Crippen molar-refractivity contribution in [3.8, 4) is 0 Å². The van der Waals surface area contributed by atoms with Gasteiger partial charge in [-0.15, -0.1) is 0 Å². The van der Waals surface area contributed by atoms with Gasteiger partial charge in [0.1, 0.15) is 19.3 Å². The summed E-state index contributed by atoms with van der Waals surface area (Å²) in [6.45, 7) is 4.61. The van der Waals surface area contributed by atoms with Gasteiger partial charge in [-0.25, -0.2) is 9.13 Å².